The van der Waals surface area contributed by atoms with Gasteiger partial charge in [-0.3, -0.25) is 0 Å². The van der Waals surface area contributed by atoms with Crippen LogP contribution >= 0.6 is 23.5 Å². The molecule has 0 bridgehead atoms. The van der Waals surface area contributed by atoms with Crippen molar-refractivity contribution in [2.45, 2.75) is 51.4 Å². The van der Waals surface area contributed by atoms with Crippen molar-refractivity contribution in [2.75, 3.05) is 46.6 Å². The molecule has 2 aliphatic rings. The Morgan fingerprint density at radius 1 is 0.646 bits per heavy atom. The smallest absolute Gasteiger partial charge is 0.340 e. The molecule has 6 N–H and O–H groups in total. The Bertz CT molecular complexity index is 1720. The fraction of sp³-hybridized carbons (Fsp3) is 0.265. The van der Waals surface area contributed by atoms with Crippen LogP contribution in [0.15, 0.2) is 92.4 Å². The van der Waals surface area contributed by atoms with Crippen LogP contribution in [0.2, 0.25) is 0 Å². The Morgan fingerprint density at radius 2 is 1.10 bits per heavy atom. The van der Waals surface area contributed by atoms with Crippen molar-refractivity contribution in [3.05, 3.63) is 83.9 Å². The zero-order chi connectivity index (χ0) is 34.2. The summed E-state index contributed by atoms with van der Waals surface area (Å²) in [6.45, 7) is 2.67. The molecule has 4 aromatic rings. The molecular weight excluding hydrogens is 668 g/mol. The van der Waals surface area contributed by atoms with Crippen molar-refractivity contribution in [1.29, 1.82) is 0 Å². The molecule has 0 spiro atoms. The number of carbonyl (C=O) groups excluding carboxylic acids is 1. The molecule has 2 aliphatic heterocycles. The number of nitrogens with two attached hydrogens (primary N) is 2. The number of carbonyl (C=O) groups is 1. The number of rotatable bonds is 9. The Labute approximate surface area is 283 Å². The Morgan fingerprint density at radius 3 is 1.54 bits per heavy atom. The second-order valence-electron chi connectivity index (χ2n) is 11.5. The number of hydrogen-bond acceptors (Lipinski definition) is 7. The predicted octanol–water partition coefficient (Wildman–Crippen LogP) is 9.36. The third-order valence-electron chi connectivity index (χ3n) is 7.96. The minimum absolute atomic E-state index is 0.0679. The molecule has 0 unspecified atom stereocenters. The van der Waals surface area contributed by atoms with Gasteiger partial charge in [-0.05, 0) is 92.7 Å². The lowest BCUT2D eigenvalue weighted by Crippen LogP contribution is -2.25. The van der Waals surface area contributed by atoms with Crippen LogP contribution in [0.1, 0.15) is 30.9 Å². The summed E-state index contributed by atoms with van der Waals surface area (Å²) in [5.41, 5.74) is 14.5. The highest BCUT2D eigenvalue weighted by molar-refractivity contribution is 8.00. The van der Waals surface area contributed by atoms with E-state index in [4.69, 9.17) is 11.5 Å². The number of nitrogens with one attached hydrogen (secondary N) is 2. The van der Waals surface area contributed by atoms with Crippen LogP contribution in [0.4, 0.5) is 60.9 Å². The van der Waals surface area contributed by atoms with E-state index in [1.165, 1.54) is 41.7 Å². The van der Waals surface area contributed by atoms with Crippen LogP contribution < -0.4 is 31.9 Å². The second-order valence-corrected chi connectivity index (χ2v) is 13.7. The van der Waals surface area contributed by atoms with Gasteiger partial charge in [-0.1, -0.05) is 29.6 Å². The number of urea groups is 1. The van der Waals surface area contributed by atoms with Crippen LogP contribution in [-0.4, -0.2) is 32.2 Å². The second kappa shape index (κ2) is 13.5. The van der Waals surface area contributed by atoms with Gasteiger partial charge in [0.15, 0.2) is 0 Å². The molecule has 0 saturated heterocycles. The molecular formula is C34H33F5N6OS2. The van der Waals surface area contributed by atoms with Crippen LogP contribution in [-0.2, 0) is 12.1 Å². The van der Waals surface area contributed by atoms with Gasteiger partial charge in [-0.2, -0.15) is 13.2 Å². The minimum Gasteiger partial charge on any atom is -0.340 e. The maximum absolute atomic E-state index is 14.2. The minimum atomic E-state index is -4.47. The van der Waals surface area contributed by atoms with E-state index < -0.39 is 23.7 Å². The van der Waals surface area contributed by atoms with E-state index in [1.807, 2.05) is 21.9 Å². The quantitative estimate of drug-likeness (QED) is 0.129. The number of alkyl halides is 5. The molecule has 0 atom stereocenters. The molecule has 7 nitrogen and oxygen atoms in total. The molecule has 6 rings (SSSR count). The average molecular weight is 701 g/mol. The number of benzene rings is 4. The zero-order valence-electron chi connectivity index (χ0n) is 25.8. The standard InChI is InChI=1S/C34H33F5N6OS2/c1-33(35,36)20-4-10-28-26(16-20)44(14-2-12-40)24-8-6-22(18-30(24)47-28)42-32(46)43-23-7-9-25-31(19-23)48-29-11-5-21(34(37,38)39)17-27(29)45(25)15-3-13-41/h4-11,16-19H,2-3,12-15,40-41H2,1H3,(H2,42,43,46). The average Bonchev–Trinajstić information content (AvgIpc) is 3.03. The molecule has 252 valence electrons. The largest absolute Gasteiger partial charge is 0.416 e. The number of nitrogens with zero attached hydrogens (tertiary/aromatic N) is 2. The van der Waals surface area contributed by atoms with Gasteiger partial charge in [0.25, 0.3) is 5.92 Å². The molecule has 0 aromatic heterocycles. The third kappa shape index (κ3) is 7.07. The molecule has 2 heterocycles. The van der Waals surface area contributed by atoms with Gasteiger partial charge in [-0.15, -0.1) is 0 Å². The van der Waals surface area contributed by atoms with Crippen LogP contribution in [0.5, 0.6) is 0 Å². The first-order valence-corrected chi connectivity index (χ1v) is 16.9. The van der Waals surface area contributed by atoms with Crippen molar-refractivity contribution < 1.29 is 26.7 Å². The Hall–Kier alpha value is -3.98. The summed E-state index contributed by atoms with van der Waals surface area (Å²) in [6.07, 6.45) is -3.24. The number of halogens is 5. The van der Waals surface area contributed by atoms with E-state index in [0.29, 0.717) is 66.7 Å². The van der Waals surface area contributed by atoms with Gasteiger partial charge < -0.3 is 31.9 Å². The molecule has 14 heteroatoms. The van der Waals surface area contributed by atoms with Gasteiger partial charge in [0, 0.05) is 56.5 Å². The van der Waals surface area contributed by atoms with Crippen molar-refractivity contribution >= 4 is 63.7 Å². The van der Waals surface area contributed by atoms with Gasteiger partial charge in [0.2, 0.25) is 0 Å². The highest BCUT2D eigenvalue weighted by Gasteiger charge is 2.34. The summed E-state index contributed by atoms with van der Waals surface area (Å²) in [4.78, 5) is 20.1. The van der Waals surface area contributed by atoms with Crippen molar-refractivity contribution in [3.63, 3.8) is 0 Å². The number of fused-ring (bicyclic) bond motifs is 4. The van der Waals surface area contributed by atoms with E-state index >= 15 is 0 Å². The fourth-order valence-electron chi connectivity index (χ4n) is 5.64. The zero-order valence-corrected chi connectivity index (χ0v) is 27.5. The van der Waals surface area contributed by atoms with Crippen LogP contribution in [0.3, 0.4) is 0 Å². The summed E-state index contributed by atoms with van der Waals surface area (Å²) in [6, 6.07) is 18.6. The van der Waals surface area contributed by atoms with E-state index in [2.05, 4.69) is 10.6 Å². The first kappa shape index (κ1) is 33.9. The summed E-state index contributed by atoms with van der Waals surface area (Å²) < 4.78 is 68.8. The molecule has 4 aromatic carbocycles. The highest BCUT2D eigenvalue weighted by Crippen LogP contribution is 2.52. The third-order valence-corrected chi connectivity index (χ3v) is 10.2. The molecule has 48 heavy (non-hydrogen) atoms. The van der Waals surface area contributed by atoms with Crippen molar-refractivity contribution in [2.24, 2.45) is 11.5 Å². The van der Waals surface area contributed by atoms with E-state index in [9.17, 15) is 26.7 Å². The maximum Gasteiger partial charge on any atom is 0.416 e. The maximum atomic E-state index is 14.2. The number of amides is 2. The SMILES string of the molecule is CC(F)(F)c1ccc2c(c1)N(CCCN)c1ccc(NC(=O)Nc3ccc4c(c3)Sc3ccc(C(F)(F)F)cc3N4CCCN)cc1S2. The number of hydrogen-bond donors (Lipinski definition) is 4. The van der Waals surface area contributed by atoms with Crippen molar-refractivity contribution in [1.82, 2.24) is 0 Å². The molecule has 2 amide bonds. The lowest BCUT2D eigenvalue weighted by Gasteiger charge is -2.34. The van der Waals surface area contributed by atoms with E-state index in [0.717, 1.165) is 45.1 Å². The van der Waals surface area contributed by atoms with Crippen LogP contribution in [0, 0.1) is 0 Å². The van der Waals surface area contributed by atoms with Gasteiger partial charge in [0.1, 0.15) is 0 Å². The summed E-state index contributed by atoms with van der Waals surface area (Å²) in [7, 11) is 0. The van der Waals surface area contributed by atoms with Gasteiger partial charge in [0.05, 0.1) is 28.3 Å². The monoisotopic (exact) mass is 700 g/mol. The summed E-state index contributed by atoms with van der Waals surface area (Å²) in [5.74, 6) is -2.98. The molecule has 0 fully saturated rings. The summed E-state index contributed by atoms with van der Waals surface area (Å²) >= 11 is 2.77. The van der Waals surface area contributed by atoms with Gasteiger partial charge >= 0.3 is 12.2 Å². The van der Waals surface area contributed by atoms with Crippen LogP contribution in [0.25, 0.3) is 0 Å². The van der Waals surface area contributed by atoms with E-state index in [-0.39, 0.29) is 5.56 Å². The predicted molar refractivity (Wildman–Crippen MR) is 183 cm³/mol. The lowest BCUT2D eigenvalue weighted by molar-refractivity contribution is -0.137. The molecule has 0 aliphatic carbocycles. The molecule has 0 saturated carbocycles. The Balaban J connectivity index is 1.20. The first-order valence-electron chi connectivity index (χ1n) is 15.3. The lowest BCUT2D eigenvalue weighted by atomic mass is 10.1. The molecule has 0 radical (unpaired) electrons. The topological polar surface area (TPSA) is 99.6 Å². The fourth-order valence-corrected chi connectivity index (χ4v) is 7.87. The van der Waals surface area contributed by atoms with Crippen molar-refractivity contribution in [3.8, 4) is 0 Å². The summed E-state index contributed by atoms with van der Waals surface area (Å²) in [5, 5.41) is 5.72. The first-order chi connectivity index (χ1) is 22.9. The van der Waals surface area contributed by atoms with Gasteiger partial charge in [-0.25, -0.2) is 13.6 Å². The highest BCUT2D eigenvalue weighted by atomic mass is 32.2. The Kier molecular flexibility index (Phi) is 9.53. The normalized spacial score (nSPS) is 13.8. The number of anilines is 6. The van der Waals surface area contributed by atoms with E-state index in [1.54, 1.807) is 30.3 Å².